The lowest BCUT2D eigenvalue weighted by atomic mass is 9.75. The molecule has 1 amide bonds. The quantitative estimate of drug-likeness (QED) is 0.692. The molecule has 0 saturated heterocycles. The maximum absolute atomic E-state index is 12.5. The Balaban J connectivity index is 2.12. The van der Waals surface area contributed by atoms with Gasteiger partial charge in [-0.2, -0.15) is 13.2 Å². The van der Waals surface area contributed by atoms with Gasteiger partial charge in [0.05, 0.1) is 17.0 Å². The topological polar surface area (TPSA) is 49.3 Å². The molecule has 1 aliphatic heterocycles. The van der Waals surface area contributed by atoms with Crippen molar-refractivity contribution in [2.45, 2.75) is 44.3 Å². The Labute approximate surface area is 96.7 Å². The molecule has 0 bridgehead atoms. The molecule has 0 aromatic rings. The molecule has 3 nitrogen and oxygen atoms in total. The summed E-state index contributed by atoms with van der Waals surface area (Å²) in [6, 6.07) is 0. The number of carbonyl (C=O) groups excluding carboxylic acids is 1. The molecule has 2 N–H and O–H groups in total. The van der Waals surface area contributed by atoms with E-state index < -0.39 is 17.6 Å². The van der Waals surface area contributed by atoms with E-state index in [9.17, 15) is 23.1 Å². The maximum atomic E-state index is 12.5. The number of nitrogens with one attached hydrogen (secondary N) is 1. The lowest BCUT2D eigenvalue weighted by Gasteiger charge is -2.37. The van der Waals surface area contributed by atoms with Crippen LogP contribution in [0.5, 0.6) is 0 Å². The minimum atomic E-state index is -4.18. The van der Waals surface area contributed by atoms with Gasteiger partial charge < -0.3 is 10.4 Å². The van der Waals surface area contributed by atoms with Gasteiger partial charge in [0.2, 0.25) is 0 Å². The lowest BCUT2D eigenvalue weighted by molar-refractivity contribution is -0.184. The van der Waals surface area contributed by atoms with Gasteiger partial charge in [-0.3, -0.25) is 4.79 Å². The summed E-state index contributed by atoms with van der Waals surface area (Å²) in [6.45, 7) is 1.48. The van der Waals surface area contributed by atoms with E-state index in [0.717, 1.165) is 0 Å². The number of halogens is 3. The highest BCUT2D eigenvalue weighted by molar-refractivity contribution is 5.97. The smallest absolute Gasteiger partial charge is 0.391 e. The van der Waals surface area contributed by atoms with E-state index in [1.54, 1.807) is 0 Å². The number of aliphatic hydroxyl groups is 1. The van der Waals surface area contributed by atoms with Gasteiger partial charge in [0.25, 0.3) is 5.91 Å². The summed E-state index contributed by atoms with van der Waals surface area (Å²) in [5.41, 5.74) is -0.724. The average molecular weight is 249 g/mol. The van der Waals surface area contributed by atoms with Gasteiger partial charge in [-0.15, -0.1) is 0 Å². The van der Waals surface area contributed by atoms with Gasteiger partial charge >= 0.3 is 6.18 Å². The van der Waals surface area contributed by atoms with Gasteiger partial charge in [0, 0.05) is 0 Å². The van der Waals surface area contributed by atoms with Crippen LogP contribution in [-0.4, -0.2) is 22.7 Å². The number of alkyl halides is 3. The van der Waals surface area contributed by atoms with Gasteiger partial charge in [-0.05, 0) is 32.6 Å². The molecule has 0 aromatic heterocycles. The van der Waals surface area contributed by atoms with Crippen molar-refractivity contribution in [3.05, 3.63) is 11.3 Å². The first-order valence-corrected chi connectivity index (χ1v) is 5.56. The predicted molar refractivity (Wildman–Crippen MR) is 54.2 cm³/mol. The van der Waals surface area contributed by atoms with E-state index >= 15 is 0 Å². The van der Waals surface area contributed by atoms with Crippen molar-refractivity contribution in [1.82, 2.24) is 5.32 Å². The van der Waals surface area contributed by atoms with Crippen molar-refractivity contribution >= 4 is 5.91 Å². The van der Waals surface area contributed by atoms with Crippen LogP contribution in [0.25, 0.3) is 0 Å². The summed E-state index contributed by atoms with van der Waals surface area (Å²) in [7, 11) is 0. The standard InChI is InChI=1S/C11H14F3NO2/c1-6-8(16)10(15-9(6)17)4-2-7(3-5-10)11(12,13)14/h7,16H,2-5H2,1H3,(H,15,17). The second-order valence-electron chi connectivity index (χ2n) is 4.83. The SMILES string of the molecule is CC1=C(O)C2(CCC(C(F)(F)F)CC2)NC1=O. The minimum Gasteiger partial charge on any atom is -0.509 e. The van der Waals surface area contributed by atoms with Crippen LogP contribution in [0.3, 0.4) is 0 Å². The maximum Gasteiger partial charge on any atom is 0.391 e. The van der Waals surface area contributed by atoms with Gasteiger partial charge in [0.1, 0.15) is 5.76 Å². The molecule has 2 aliphatic rings. The van der Waals surface area contributed by atoms with E-state index in [4.69, 9.17) is 0 Å². The molecular formula is C11H14F3NO2. The van der Waals surface area contributed by atoms with Gasteiger partial charge in [0.15, 0.2) is 0 Å². The zero-order valence-corrected chi connectivity index (χ0v) is 9.40. The third-order valence-electron chi connectivity index (χ3n) is 3.80. The molecule has 0 atom stereocenters. The van der Waals surface area contributed by atoms with Crippen LogP contribution in [0.2, 0.25) is 0 Å². The average Bonchev–Trinajstić information content (AvgIpc) is 2.43. The van der Waals surface area contributed by atoms with Crippen molar-refractivity contribution in [2.24, 2.45) is 5.92 Å². The second kappa shape index (κ2) is 3.65. The molecule has 1 spiro atoms. The van der Waals surface area contributed by atoms with Crippen LogP contribution in [0, 0.1) is 5.92 Å². The van der Waals surface area contributed by atoms with Crippen LogP contribution in [0.15, 0.2) is 11.3 Å². The highest BCUT2D eigenvalue weighted by Gasteiger charge is 2.51. The molecule has 0 aromatic carbocycles. The Morgan fingerprint density at radius 1 is 1.35 bits per heavy atom. The summed E-state index contributed by atoms with van der Waals surface area (Å²) in [5, 5.41) is 12.5. The fourth-order valence-electron chi connectivity index (χ4n) is 2.64. The third kappa shape index (κ3) is 1.89. The Hall–Kier alpha value is -1.20. The monoisotopic (exact) mass is 249 g/mol. The van der Waals surface area contributed by atoms with E-state index in [0.29, 0.717) is 0 Å². The van der Waals surface area contributed by atoms with Crippen LogP contribution < -0.4 is 5.32 Å². The molecule has 1 aliphatic carbocycles. The first-order valence-electron chi connectivity index (χ1n) is 5.56. The summed E-state index contributed by atoms with van der Waals surface area (Å²) in [6.07, 6.45) is -4.00. The van der Waals surface area contributed by atoms with Gasteiger partial charge in [-0.1, -0.05) is 0 Å². The predicted octanol–water partition coefficient (Wildman–Crippen LogP) is 2.44. The molecule has 17 heavy (non-hydrogen) atoms. The van der Waals surface area contributed by atoms with E-state index in [2.05, 4.69) is 5.32 Å². The molecule has 1 heterocycles. The third-order valence-corrected chi connectivity index (χ3v) is 3.80. The highest BCUT2D eigenvalue weighted by atomic mass is 19.4. The number of hydrogen-bond acceptors (Lipinski definition) is 2. The highest BCUT2D eigenvalue weighted by Crippen LogP contribution is 2.45. The summed E-state index contributed by atoms with van der Waals surface area (Å²) in [5.74, 6) is -1.78. The molecule has 2 rings (SSSR count). The van der Waals surface area contributed by atoms with Crippen molar-refractivity contribution in [2.75, 3.05) is 0 Å². The molecule has 0 radical (unpaired) electrons. The van der Waals surface area contributed by atoms with E-state index in [1.807, 2.05) is 0 Å². The largest absolute Gasteiger partial charge is 0.509 e. The molecule has 6 heteroatoms. The van der Waals surface area contributed by atoms with E-state index in [1.165, 1.54) is 6.92 Å². The zero-order valence-electron chi connectivity index (χ0n) is 9.40. The number of carbonyl (C=O) groups is 1. The van der Waals surface area contributed by atoms with Crippen molar-refractivity contribution < 1.29 is 23.1 Å². The summed E-state index contributed by atoms with van der Waals surface area (Å²) >= 11 is 0. The Morgan fingerprint density at radius 3 is 2.24 bits per heavy atom. The Morgan fingerprint density at radius 2 is 1.88 bits per heavy atom. The number of amides is 1. The van der Waals surface area contributed by atoms with Crippen molar-refractivity contribution in [3.8, 4) is 0 Å². The molecule has 96 valence electrons. The molecule has 1 saturated carbocycles. The Bertz CT molecular complexity index is 379. The first kappa shape index (κ1) is 12.3. The molecule has 1 fully saturated rings. The summed E-state index contributed by atoms with van der Waals surface area (Å²) < 4.78 is 37.5. The molecular weight excluding hydrogens is 235 g/mol. The van der Waals surface area contributed by atoms with Gasteiger partial charge in [-0.25, -0.2) is 0 Å². The van der Waals surface area contributed by atoms with Crippen LogP contribution in [0.1, 0.15) is 32.6 Å². The molecule has 0 unspecified atom stereocenters. The normalized spacial score (nSPS) is 34.4. The second-order valence-corrected chi connectivity index (χ2v) is 4.83. The van der Waals surface area contributed by atoms with Crippen LogP contribution in [0.4, 0.5) is 13.2 Å². The fraction of sp³-hybridized carbons (Fsp3) is 0.727. The van der Waals surface area contributed by atoms with Crippen LogP contribution in [-0.2, 0) is 4.79 Å². The van der Waals surface area contributed by atoms with Crippen LogP contribution >= 0.6 is 0 Å². The van der Waals surface area contributed by atoms with Crippen molar-refractivity contribution in [3.63, 3.8) is 0 Å². The number of rotatable bonds is 0. The Kier molecular flexibility index (Phi) is 2.63. The minimum absolute atomic E-state index is 0.0544. The van der Waals surface area contributed by atoms with Crippen molar-refractivity contribution in [1.29, 1.82) is 0 Å². The lowest BCUT2D eigenvalue weighted by Crippen LogP contribution is -2.48. The fourth-order valence-corrected chi connectivity index (χ4v) is 2.64. The zero-order chi connectivity index (χ0) is 12.8. The number of aliphatic hydroxyl groups excluding tert-OH is 1. The van der Waals surface area contributed by atoms with E-state index in [-0.39, 0.29) is 42.9 Å². The first-order chi connectivity index (χ1) is 7.76. The summed E-state index contributed by atoms with van der Waals surface area (Å²) in [4.78, 5) is 11.4. The number of hydrogen-bond donors (Lipinski definition) is 2.